The highest BCUT2D eigenvalue weighted by molar-refractivity contribution is 5.80. The Morgan fingerprint density at radius 3 is 2.75 bits per heavy atom. The number of likely N-dealkylation sites (tertiary alicyclic amines) is 1. The summed E-state index contributed by atoms with van der Waals surface area (Å²) in [4.78, 5) is 9.64. The molecule has 1 aliphatic rings. The van der Waals surface area contributed by atoms with E-state index in [0.29, 0.717) is 25.2 Å². The molecule has 6 nitrogen and oxygen atoms in total. The summed E-state index contributed by atoms with van der Waals surface area (Å²) in [6, 6.07) is 11.0. The summed E-state index contributed by atoms with van der Waals surface area (Å²) in [7, 11) is 5.98. The fourth-order valence-electron chi connectivity index (χ4n) is 3.47. The Bertz CT molecular complexity index is 565. The fourth-order valence-corrected chi connectivity index (χ4v) is 3.47. The zero-order valence-corrected chi connectivity index (χ0v) is 18.1. The van der Waals surface area contributed by atoms with Gasteiger partial charge in [0.05, 0.1) is 26.4 Å². The van der Waals surface area contributed by atoms with Crippen LogP contribution < -0.4 is 5.32 Å². The van der Waals surface area contributed by atoms with Gasteiger partial charge >= 0.3 is 0 Å². The zero-order valence-electron chi connectivity index (χ0n) is 18.1. The van der Waals surface area contributed by atoms with Crippen LogP contribution in [-0.4, -0.2) is 89.0 Å². The van der Waals surface area contributed by atoms with Crippen LogP contribution in [0.1, 0.15) is 18.9 Å². The van der Waals surface area contributed by atoms with Gasteiger partial charge in [0.15, 0.2) is 5.96 Å². The van der Waals surface area contributed by atoms with E-state index in [1.807, 2.05) is 0 Å². The fraction of sp³-hybridized carbons (Fsp3) is 0.682. The molecule has 0 amide bonds. The molecule has 1 aromatic carbocycles. The van der Waals surface area contributed by atoms with Gasteiger partial charge in [-0.3, -0.25) is 4.99 Å². The Labute approximate surface area is 170 Å². The van der Waals surface area contributed by atoms with Crippen LogP contribution >= 0.6 is 0 Å². The highest BCUT2D eigenvalue weighted by Crippen LogP contribution is 2.17. The minimum absolute atomic E-state index is 0.381. The first kappa shape index (κ1) is 22.7. The molecule has 1 heterocycles. The van der Waals surface area contributed by atoms with Crippen molar-refractivity contribution >= 4 is 5.96 Å². The number of likely N-dealkylation sites (N-methyl/N-ethyl adjacent to an activating group) is 1. The molecule has 2 atom stereocenters. The summed E-state index contributed by atoms with van der Waals surface area (Å²) in [6.45, 7) is 7.97. The summed E-state index contributed by atoms with van der Waals surface area (Å²) in [6.07, 6.45) is 2.16. The maximum absolute atomic E-state index is 5.72. The summed E-state index contributed by atoms with van der Waals surface area (Å²) in [5, 5.41) is 3.48. The van der Waals surface area contributed by atoms with Gasteiger partial charge in [0.2, 0.25) is 0 Å². The first-order valence-electron chi connectivity index (χ1n) is 10.4. The first-order valence-corrected chi connectivity index (χ1v) is 10.4. The molecule has 1 N–H and O–H groups in total. The lowest BCUT2D eigenvalue weighted by Crippen LogP contribution is -2.42. The van der Waals surface area contributed by atoms with Crippen LogP contribution in [-0.2, 0) is 15.9 Å². The maximum atomic E-state index is 5.72. The molecule has 1 fully saturated rings. The quantitative estimate of drug-likeness (QED) is 0.356. The highest BCUT2D eigenvalue weighted by atomic mass is 16.5. The van der Waals surface area contributed by atoms with Gasteiger partial charge in [-0.05, 0) is 39.4 Å². The molecule has 1 saturated heterocycles. The lowest BCUT2D eigenvalue weighted by atomic mass is 10.1. The first-order chi connectivity index (χ1) is 13.6. The standard InChI is InChI=1S/C22H38N4O2/c1-5-23-22(26-12-11-20(17-26)18-28-14-13-27-4)24-16-21(25(2)3)15-19-9-7-6-8-10-19/h6-10,20-21H,5,11-18H2,1-4H3,(H,23,24). The molecule has 28 heavy (non-hydrogen) atoms. The summed E-state index contributed by atoms with van der Waals surface area (Å²) < 4.78 is 10.8. The smallest absolute Gasteiger partial charge is 0.193 e. The van der Waals surface area contributed by atoms with Crippen molar-refractivity contribution in [3.8, 4) is 0 Å². The Balaban J connectivity index is 1.91. The Morgan fingerprint density at radius 2 is 2.07 bits per heavy atom. The van der Waals surface area contributed by atoms with Gasteiger partial charge in [-0.15, -0.1) is 0 Å². The minimum Gasteiger partial charge on any atom is -0.382 e. The number of methoxy groups -OCH3 is 1. The number of hydrogen-bond donors (Lipinski definition) is 1. The van der Waals surface area contributed by atoms with E-state index >= 15 is 0 Å². The zero-order chi connectivity index (χ0) is 20.2. The van der Waals surface area contributed by atoms with E-state index in [9.17, 15) is 0 Å². The molecule has 2 rings (SSSR count). The van der Waals surface area contributed by atoms with Crippen LogP contribution in [0.4, 0.5) is 0 Å². The van der Waals surface area contributed by atoms with E-state index in [-0.39, 0.29) is 0 Å². The molecule has 1 aromatic rings. The highest BCUT2D eigenvalue weighted by Gasteiger charge is 2.25. The van der Waals surface area contributed by atoms with Crippen molar-refractivity contribution < 1.29 is 9.47 Å². The number of ether oxygens (including phenoxy) is 2. The average Bonchev–Trinajstić information content (AvgIpc) is 3.17. The Hall–Kier alpha value is -1.63. The Kier molecular flexibility index (Phi) is 10.3. The lowest BCUT2D eigenvalue weighted by molar-refractivity contribution is 0.0536. The third kappa shape index (κ3) is 7.78. The molecule has 1 aliphatic heterocycles. The average molecular weight is 391 g/mol. The van der Waals surface area contributed by atoms with Gasteiger partial charge in [0.25, 0.3) is 0 Å². The van der Waals surface area contributed by atoms with Gasteiger partial charge in [-0.25, -0.2) is 0 Å². The summed E-state index contributed by atoms with van der Waals surface area (Å²) >= 11 is 0. The molecule has 0 aromatic heterocycles. The minimum atomic E-state index is 0.381. The van der Waals surface area contributed by atoms with Crippen molar-refractivity contribution in [2.75, 3.05) is 67.2 Å². The van der Waals surface area contributed by atoms with Gasteiger partial charge in [0, 0.05) is 38.7 Å². The van der Waals surface area contributed by atoms with Crippen LogP contribution in [0.3, 0.4) is 0 Å². The largest absolute Gasteiger partial charge is 0.382 e. The van der Waals surface area contributed by atoms with E-state index in [4.69, 9.17) is 14.5 Å². The Morgan fingerprint density at radius 1 is 1.29 bits per heavy atom. The van der Waals surface area contributed by atoms with Crippen LogP contribution in [0.5, 0.6) is 0 Å². The van der Waals surface area contributed by atoms with Crippen LogP contribution in [0.15, 0.2) is 35.3 Å². The van der Waals surface area contributed by atoms with E-state index in [2.05, 4.69) is 66.5 Å². The lowest BCUT2D eigenvalue weighted by Gasteiger charge is -2.26. The second kappa shape index (κ2) is 12.8. The predicted octanol–water partition coefficient (Wildman–Crippen LogP) is 2.11. The number of nitrogens with zero attached hydrogens (tertiary/aromatic N) is 3. The third-order valence-electron chi connectivity index (χ3n) is 5.20. The molecule has 158 valence electrons. The molecule has 0 bridgehead atoms. The molecular weight excluding hydrogens is 352 g/mol. The molecule has 6 heteroatoms. The van der Waals surface area contributed by atoms with Crippen molar-refractivity contribution in [3.63, 3.8) is 0 Å². The van der Waals surface area contributed by atoms with Crippen LogP contribution in [0.2, 0.25) is 0 Å². The number of guanidine groups is 1. The van der Waals surface area contributed by atoms with Crippen molar-refractivity contribution in [2.24, 2.45) is 10.9 Å². The van der Waals surface area contributed by atoms with Gasteiger partial charge in [-0.1, -0.05) is 30.3 Å². The number of aliphatic imine (C=N–C) groups is 1. The normalized spacial score (nSPS) is 18.7. The maximum Gasteiger partial charge on any atom is 0.193 e. The third-order valence-corrected chi connectivity index (χ3v) is 5.20. The number of rotatable bonds is 11. The summed E-state index contributed by atoms with van der Waals surface area (Å²) in [5.74, 6) is 1.59. The number of nitrogens with one attached hydrogen (secondary N) is 1. The van der Waals surface area contributed by atoms with E-state index in [0.717, 1.165) is 51.6 Å². The monoisotopic (exact) mass is 390 g/mol. The molecule has 0 aliphatic carbocycles. The van der Waals surface area contributed by atoms with Gasteiger partial charge < -0.3 is 24.6 Å². The number of hydrogen-bond acceptors (Lipinski definition) is 4. The molecule has 0 spiro atoms. The van der Waals surface area contributed by atoms with Crippen molar-refractivity contribution in [1.29, 1.82) is 0 Å². The second-order valence-corrected chi connectivity index (χ2v) is 7.67. The predicted molar refractivity (Wildman–Crippen MR) is 116 cm³/mol. The molecule has 0 radical (unpaired) electrons. The molecule has 2 unspecified atom stereocenters. The van der Waals surface area contributed by atoms with E-state index < -0.39 is 0 Å². The second-order valence-electron chi connectivity index (χ2n) is 7.67. The van der Waals surface area contributed by atoms with Crippen molar-refractivity contribution in [2.45, 2.75) is 25.8 Å². The van der Waals surface area contributed by atoms with Crippen molar-refractivity contribution in [1.82, 2.24) is 15.1 Å². The van der Waals surface area contributed by atoms with E-state index in [1.165, 1.54) is 5.56 Å². The van der Waals surface area contributed by atoms with Crippen LogP contribution in [0.25, 0.3) is 0 Å². The van der Waals surface area contributed by atoms with Gasteiger partial charge in [-0.2, -0.15) is 0 Å². The number of benzene rings is 1. The molecular formula is C22H38N4O2. The molecule has 0 saturated carbocycles. The van der Waals surface area contributed by atoms with Gasteiger partial charge in [0.1, 0.15) is 0 Å². The summed E-state index contributed by atoms with van der Waals surface area (Å²) in [5.41, 5.74) is 1.36. The van der Waals surface area contributed by atoms with E-state index in [1.54, 1.807) is 7.11 Å². The SMILES string of the molecule is CCNC(=NCC(Cc1ccccc1)N(C)C)N1CCC(COCCOC)C1. The topological polar surface area (TPSA) is 49.3 Å². The van der Waals surface area contributed by atoms with Crippen molar-refractivity contribution in [3.05, 3.63) is 35.9 Å². The van der Waals surface area contributed by atoms with Crippen LogP contribution in [0, 0.1) is 5.92 Å².